The first-order valence-corrected chi connectivity index (χ1v) is 7.20. The number of likely N-dealkylation sites (tertiary alicyclic amines) is 1. The largest absolute Gasteiger partial charge is 0.493 e. The lowest BCUT2D eigenvalue weighted by Crippen LogP contribution is -2.35. The van der Waals surface area contributed by atoms with Crippen LogP contribution in [-0.4, -0.2) is 36.3 Å². The molecule has 0 aliphatic carbocycles. The molecule has 1 amide bonds. The number of amides is 1. The van der Waals surface area contributed by atoms with Crippen molar-refractivity contribution in [3.8, 4) is 5.75 Å². The van der Waals surface area contributed by atoms with Crippen molar-refractivity contribution in [2.75, 3.05) is 19.7 Å². The maximum Gasteiger partial charge on any atom is 0.410 e. The zero-order valence-electron chi connectivity index (χ0n) is 12.8. The van der Waals surface area contributed by atoms with E-state index in [2.05, 4.69) is 0 Å². The van der Waals surface area contributed by atoms with Crippen molar-refractivity contribution in [1.82, 2.24) is 4.90 Å². The van der Waals surface area contributed by atoms with Crippen LogP contribution in [0.3, 0.4) is 0 Å². The molecule has 1 atom stereocenters. The van der Waals surface area contributed by atoms with E-state index in [0.717, 1.165) is 6.42 Å². The summed E-state index contributed by atoms with van der Waals surface area (Å²) in [6, 6.07) is 6.09. The molecule has 116 valence electrons. The first-order valence-electron chi connectivity index (χ1n) is 7.20. The van der Waals surface area contributed by atoms with E-state index in [4.69, 9.17) is 9.47 Å². The average Bonchev–Trinajstić information content (AvgIpc) is 2.83. The van der Waals surface area contributed by atoms with Crippen LogP contribution in [0.15, 0.2) is 24.3 Å². The lowest BCUT2D eigenvalue weighted by Gasteiger charge is -2.24. The van der Waals surface area contributed by atoms with Crippen LogP contribution in [0, 0.1) is 11.7 Å². The van der Waals surface area contributed by atoms with Gasteiger partial charge in [-0.25, -0.2) is 9.18 Å². The number of hydrogen-bond acceptors (Lipinski definition) is 3. The molecule has 1 heterocycles. The average molecular weight is 295 g/mol. The molecule has 0 N–H and O–H groups in total. The standard InChI is InChI=1S/C16H22FNO3/c1-16(2,3)21-15(19)18-8-7-12(10-18)11-20-14-6-4-5-13(17)9-14/h4-6,9,12H,7-8,10-11H2,1-3H3/t12-/m0/s1. The Balaban J connectivity index is 1.79. The predicted octanol–water partition coefficient (Wildman–Crippen LogP) is 3.46. The number of ether oxygens (including phenoxy) is 2. The van der Waals surface area contributed by atoms with Crippen LogP contribution < -0.4 is 4.74 Å². The second-order valence-electron chi connectivity index (χ2n) is 6.35. The summed E-state index contributed by atoms with van der Waals surface area (Å²) >= 11 is 0. The van der Waals surface area contributed by atoms with Crippen molar-refractivity contribution in [3.05, 3.63) is 30.1 Å². The van der Waals surface area contributed by atoms with Gasteiger partial charge in [0.05, 0.1) is 6.61 Å². The summed E-state index contributed by atoms with van der Waals surface area (Å²) in [5.41, 5.74) is -0.479. The molecular formula is C16H22FNO3. The smallest absolute Gasteiger partial charge is 0.410 e. The van der Waals surface area contributed by atoms with E-state index in [1.807, 2.05) is 20.8 Å². The number of benzene rings is 1. The van der Waals surface area contributed by atoms with E-state index < -0.39 is 5.60 Å². The quantitative estimate of drug-likeness (QED) is 0.857. The van der Waals surface area contributed by atoms with Crippen molar-refractivity contribution in [2.24, 2.45) is 5.92 Å². The molecule has 1 aromatic carbocycles. The van der Waals surface area contributed by atoms with Gasteiger partial charge >= 0.3 is 6.09 Å². The molecular weight excluding hydrogens is 273 g/mol. The van der Waals surface area contributed by atoms with Crippen LogP contribution in [-0.2, 0) is 4.74 Å². The Labute approximate surface area is 124 Å². The molecule has 1 aliphatic rings. The van der Waals surface area contributed by atoms with Gasteiger partial charge in [0.15, 0.2) is 0 Å². The highest BCUT2D eigenvalue weighted by Crippen LogP contribution is 2.21. The van der Waals surface area contributed by atoms with Gasteiger partial charge in [0, 0.05) is 25.1 Å². The second kappa shape index (κ2) is 6.33. The van der Waals surface area contributed by atoms with Crippen LogP contribution in [0.4, 0.5) is 9.18 Å². The number of rotatable bonds is 3. The molecule has 1 aromatic rings. The first kappa shape index (κ1) is 15.6. The lowest BCUT2D eigenvalue weighted by atomic mass is 10.1. The van der Waals surface area contributed by atoms with Gasteiger partial charge in [0.2, 0.25) is 0 Å². The van der Waals surface area contributed by atoms with Gasteiger partial charge in [-0.2, -0.15) is 0 Å². The molecule has 0 aromatic heterocycles. The fraction of sp³-hybridized carbons (Fsp3) is 0.562. The van der Waals surface area contributed by atoms with Crippen molar-refractivity contribution in [3.63, 3.8) is 0 Å². The molecule has 0 spiro atoms. The fourth-order valence-corrected chi connectivity index (χ4v) is 2.23. The molecule has 21 heavy (non-hydrogen) atoms. The Bertz CT molecular complexity index is 499. The number of halogens is 1. The van der Waals surface area contributed by atoms with E-state index in [9.17, 15) is 9.18 Å². The SMILES string of the molecule is CC(C)(C)OC(=O)N1CC[C@H](COc2cccc(F)c2)C1. The molecule has 5 heteroatoms. The summed E-state index contributed by atoms with van der Waals surface area (Å²) in [4.78, 5) is 13.6. The van der Waals surface area contributed by atoms with Gasteiger partial charge < -0.3 is 14.4 Å². The Morgan fingerprint density at radius 2 is 2.19 bits per heavy atom. The predicted molar refractivity (Wildman–Crippen MR) is 77.8 cm³/mol. The molecule has 0 saturated carbocycles. The molecule has 1 aliphatic heterocycles. The molecule has 0 bridgehead atoms. The highest BCUT2D eigenvalue weighted by Gasteiger charge is 2.30. The minimum absolute atomic E-state index is 0.251. The summed E-state index contributed by atoms with van der Waals surface area (Å²) in [6.45, 7) is 7.32. The molecule has 4 nitrogen and oxygen atoms in total. The molecule has 1 fully saturated rings. The minimum atomic E-state index is -0.479. The fourth-order valence-electron chi connectivity index (χ4n) is 2.23. The summed E-state index contributed by atoms with van der Waals surface area (Å²) in [6.07, 6.45) is 0.588. The number of hydrogen-bond donors (Lipinski definition) is 0. The highest BCUT2D eigenvalue weighted by atomic mass is 19.1. The Kier molecular flexibility index (Phi) is 4.70. The lowest BCUT2D eigenvalue weighted by molar-refractivity contribution is 0.0285. The van der Waals surface area contributed by atoms with Crippen molar-refractivity contribution in [2.45, 2.75) is 32.8 Å². The maximum atomic E-state index is 13.0. The van der Waals surface area contributed by atoms with Crippen LogP contribution in [0.2, 0.25) is 0 Å². The van der Waals surface area contributed by atoms with E-state index >= 15 is 0 Å². The molecule has 1 saturated heterocycles. The number of nitrogens with zero attached hydrogens (tertiary/aromatic N) is 1. The highest BCUT2D eigenvalue weighted by molar-refractivity contribution is 5.68. The molecule has 2 rings (SSSR count). The maximum absolute atomic E-state index is 13.0. The number of carbonyl (C=O) groups is 1. The Hall–Kier alpha value is -1.78. The van der Waals surface area contributed by atoms with Crippen molar-refractivity contribution >= 4 is 6.09 Å². The van der Waals surface area contributed by atoms with Crippen LogP contribution in [0.5, 0.6) is 5.75 Å². The molecule has 0 unspecified atom stereocenters. The Morgan fingerprint density at radius 3 is 2.86 bits per heavy atom. The minimum Gasteiger partial charge on any atom is -0.493 e. The van der Waals surface area contributed by atoms with E-state index in [1.54, 1.807) is 17.0 Å². The normalized spacial score (nSPS) is 18.7. The first-order chi connectivity index (χ1) is 9.83. The van der Waals surface area contributed by atoms with Crippen molar-refractivity contribution in [1.29, 1.82) is 0 Å². The van der Waals surface area contributed by atoms with Gasteiger partial charge in [0.25, 0.3) is 0 Å². The van der Waals surface area contributed by atoms with Gasteiger partial charge in [-0.05, 0) is 39.3 Å². The zero-order chi connectivity index (χ0) is 15.5. The topological polar surface area (TPSA) is 38.8 Å². The molecule has 0 radical (unpaired) electrons. The summed E-state index contributed by atoms with van der Waals surface area (Å²) < 4.78 is 24.0. The van der Waals surface area contributed by atoms with E-state index in [-0.39, 0.29) is 17.8 Å². The summed E-state index contributed by atoms with van der Waals surface area (Å²) in [7, 11) is 0. The van der Waals surface area contributed by atoms with Gasteiger partial charge in [0.1, 0.15) is 17.2 Å². The third kappa shape index (κ3) is 4.92. The van der Waals surface area contributed by atoms with Gasteiger partial charge in [-0.1, -0.05) is 6.07 Å². The third-order valence-electron chi connectivity index (χ3n) is 3.22. The van der Waals surface area contributed by atoms with E-state index in [1.165, 1.54) is 12.1 Å². The van der Waals surface area contributed by atoms with Gasteiger partial charge in [-0.15, -0.1) is 0 Å². The van der Waals surface area contributed by atoms with E-state index in [0.29, 0.717) is 25.4 Å². The monoisotopic (exact) mass is 295 g/mol. The van der Waals surface area contributed by atoms with Gasteiger partial charge in [-0.3, -0.25) is 0 Å². The zero-order valence-corrected chi connectivity index (χ0v) is 12.8. The third-order valence-corrected chi connectivity index (χ3v) is 3.22. The van der Waals surface area contributed by atoms with Crippen LogP contribution >= 0.6 is 0 Å². The second-order valence-corrected chi connectivity index (χ2v) is 6.35. The van der Waals surface area contributed by atoms with Crippen LogP contribution in [0.1, 0.15) is 27.2 Å². The number of carbonyl (C=O) groups excluding carboxylic acids is 1. The Morgan fingerprint density at radius 1 is 1.43 bits per heavy atom. The summed E-state index contributed by atoms with van der Waals surface area (Å²) in [5.74, 6) is 0.459. The summed E-state index contributed by atoms with van der Waals surface area (Å²) in [5, 5.41) is 0. The van der Waals surface area contributed by atoms with Crippen molar-refractivity contribution < 1.29 is 18.7 Å². The van der Waals surface area contributed by atoms with Crippen LogP contribution in [0.25, 0.3) is 0 Å².